The van der Waals surface area contributed by atoms with Gasteiger partial charge in [-0.05, 0) is 42.4 Å². The normalized spacial score (nSPS) is 19.1. The van der Waals surface area contributed by atoms with E-state index in [9.17, 15) is 13.6 Å². The van der Waals surface area contributed by atoms with Crippen LogP contribution in [0.3, 0.4) is 0 Å². The van der Waals surface area contributed by atoms with Crippen LogP contribution < -0.4 is 15.0 Å². The summed E-state index contributed by atoms with van der Waals surface area (Å²) >= 11 is 0. The number of carbonyl (C=O) groups excluding carboxylic acids is 1. The van der Waals surface area contributed by atoms with Crippen LogP contribution in [0.5, 0.6) is 5.75 Å². The van der Waals surface area contributed by atoms with Gasteiger partial charge in [-0.25, -0.2) is 9.37 Å². The van der Waals surface area contributed by atoms with Gasteiger partial charge in [0.25, 0.3) is 0 Å². The smallest absolute Gasteiger partial charge is 0.247 e. The first-order valence-corrected chi connectivity index (χ1v) is 10.7. The maximum atomic E-state index is 14.3. The average Bonchev–Trinajstić information content (AvgIpc) is 2.99. The quantitative estimate of drug-likeness (QED) is 0.764. The van der Waals surface area contributed by atoms with E-state index in [2.05, 4.69) is 10.3 Å². The van der Waals surface area contributed by atoms with Crippen molar-refractivity contribution >= 4 is 28.0 Å². The van der Waals surface area contributed by atoms with Crippen molar-refractivity contribution in [2.24, 2.45) is 5.41 Å². The molecule has 0 saturated carbocycles. The number of methoxy groups -OCH3 is 1. The first-order valence-electron chi connectivity index (χ1n) is 9.05. The van der Waals surface area contributed by atoms with Gasteiger partial charge in [0.05, 0.1) is 12.8 Å². The topological polar surface area (TPSA) is 78.3 Å². The highest BCUT2D eigenvalue weighted by Gasteiger charge is 2.42. The monoisotopic (exact) mass is 422 g/mol. The van der Waals surface area contributed by atoms with Gasteiger partial charge in [0.2, 0.25) is 11.7 Å². The van der Waals surface area contributed by atoms with Gasteiger partial charge in [0, 0.05) is 18.4 Å². The molecule has 1 saturated heterocycles. The lowest BCUT2D eigenvalue weighted by atomic mass is 9.90. The molecular weight excluding hydrogens is 398 g/mol. The summed E-state index contributed by atoms with van der Waals surface area (Å²) in [6.07, 6.45) is 3.82. The van der Waals surface area contributed by atoms with E-state index in [1.165, 1.54) is 13.2 Å². The van der Waals surface area contributed by atoms with Gasteiger partial charge in [-0.1, -0.05) is 24.5 Å². The Morgan fingerprint density at radius 3 is 2.76 bits per heavy atom. The van der Waals surface area contributed by atoms with Gasteiger partial charge >= 0.3 is 0 Å². The number of ether oxygens (including phenoxy) is 1. The number of carbonyl (C=O) groups is 1. The van der Waals surface area contributed by atoms with Gasteiger partial charge in [-0.3, -0.25) is 9.57 Å². The highest BCUT2D eigenvalue weighted by Crippen LogP contribution is 2.42. The van der Waals surface area contributed by atoms with Crippen molar-refractivity contribution in [2.75, 3.05) is 30.1 Å². The number of benzene rings is 1. The lowest BCUT2D eigenvalue weighted by molar-refractivity contribution is -0.117. The molecule has 1 amide bonds. The number of rotatable bonds is 5. The first-order chi connectivity index (χ1) is 13.6. The molecule has 9 heteroatoms. The molecule has 1 aromatic carbocycles. The third-order valence-electron chi connectivity index (χ3n) is 4.88. The molecule has 3 rings (SSSR count). The molecule has 0 aliphatic carbocycles. The van der Waals surface area contributed by atoms with Crippen LogP contribution >= 0.6 is 0 Å². The zero-order valence-corrected chi connectivity index (χ0v) is 17.6. The molecule has 1 aromatic heterocycles. The van der Waals surface area contributed by atoms with E-state index < -0.39 is 28.4 Å². The summed E-state index contributed by atoms with van der Waals surface area (Å²) < 4.78 is 40.8. The third-order valence-corrected chi connectivity index (χ3v) is 5.73. The summed E-state index contributed by atoms with van der Waals surface area (Å²) in [4.78, 5) is 19.0. The van der Waals surface area contributed by atoms with Crippen molar-refractivity contribution in [2.45, 2.75) is 31.3 Å². The molecule has 0 spiro atoms. The predicted molar refractivity (Wildman–Crippen MR) is 110 cm³/mol. The van der Waals surface area contributed by atoms with E-state index in [1.54, 1.807) is 29.5 Å². The van der Waals surface area contributed by atoms with Crippen molar-refractivity contribution in [3.05, 3.63) is 42.1 Å². The van der Waals surface area contributed by atoms with E-state index in [0.29, 0.717) is 29.4 Å². The second-order valence-electron chi connectivity index (χ2n) is 7.81. The Kier molecular flexibility index (Phi) is 5.88. The van der Waals surface area contributed by atoms with Gasteiger partial charge < -0.3 is 15.0 Å². The van der Waals surface area contributed by atoms with E-state index in [0.717, 1.165) is 6.07 Å². The Labute approximate surface area is 171 Å². The maximum Gasteiger partial charge on any atom is 0.247 e. The lowest BCUT2D eigenvalue weighted by Gasteiger charge is -2.28. The summed E-state index contributed by atoms with van der Waals surface area (Å²) in [5, 5.41) is 3.45. The Balaban J connectivity index is 1.93. The van der Waals surface area contributed by atoms with Crippen molar-refractivity contribution in [3.8, 4) is 5.75 Å². The molecule has 6 nitrogen and oxygen atoms in total. The van der Waals surface area contributed by atoms with Gasteiger partial charge in [0.15, 0.2) is 11.6 Å². The first kappa shape index (κ1) is 21.2. The minimum atomic E-state index is -1.07. The van der Waals surface area contributed by atoms with Crippen LogP contribution in [-0.4, -0.2) is 36.8 Å². The van der Waals surface area contributed by atoms with Gasteiger partial charge in [-0.2, -0.15) is 4.39 Å². The van der Waals surface area contributed by atoms with Crippen molar-refractivity contribution in [1.29, 1.82) is 4.78 Å². The molecule has 2 aromatic rings. The van der Waals surface area contributed by atoms with Gasteiger partial charge in [-0.15, -0.1) is 0 Å². The third kappa shape index (κ3) is 4.39. The summed E-state index contributed by atoms with van der Waals surface area (Å²) in [6.45, 7) is 4.53. The summed E-state index contributed by atoms with van der Waals surface area (Å²) in [5.74, 6) is -2.55. The van der Waals surface area contributed by atoms with E-state index in [4.69, 9.17) is 9.52 Å². The van der Waals surface area contributed by atoms with Crippen LogP contribution in [-0.2, 0) is 15.5 Å². The predicted octanol–water partition coefficient (Wildman–Crippen LogP) is 3.98. The van der Waals surface area contributed by atoms with Crippen LogP contribution in [0.4, 0.5) is 20.2 Å². The van der Waals surface area contributed by atoms with E-state index >= 15 is 0 Å². The van der Waals surface area contributed by atoms with Crippen LogP contribution in [0.15, 0.2) is 35.5 Å². The minimum absolute atomic E-state index is 0.210. The zero-order chi connectivity index (χ0) is 21.3. The molecule has 0 radical (unpaired) electrons. The molecule has 1 aliphatic rings. The number of halogens is 2. The minimum Gasteiger partial charge on any atom is -0.491 e. The largest absolute Gasteiger partial charge is 0.491 e. The highest BCUT2D eigenvalue weighted by atomic mass is 32.2. The number of nitrogens with one attached hydrogen (secondary N) is 2. The SMILES string of the molecule is COc1c(N2CC(C)(C)CC2C(=O)Nc2ccnc([S@](C)=N)c2)ccc(F)c1F. The second kappa shape index (κ2) is 8.06. The van der Waals surface area contributed by atoms with Crippen molar-refractivity contribution in [1.82, 2.24) is 4.98 Å². The van der Waals surface area contributed by atoms with Crippen LogP contribution in [0, 0.1) is 21.8 Å². The number of nitrogens with zero attached hydrogens (tertiary/aromatic N) is 2. The molecule has 29 heavy (non-hydrogen) atoms. The molecule has 1 unspecified atom stereocenters. The van der Waals surface area contributed by atoms with E-state index in [-0.39, 0.29) is 17.1 Å². The molecule has 0 bridgehead atoms. The Hall–Kier alpha value is -2.55. The Morgan fingerprint density at radius 1 is 1.38 bits per heavy atom. The van der Waals surface area contributed by atoms with Crippen LogP contribution in [0.25, 0.3) is 0 Å². The number of amides is 1. The maximum absolute atomic E-state index is 14.3. The number of hydrogen-bond donors (Lipinski definition) is 2. The Bertz CT molecular complexity index is 967. The fourth-order valence-electron chi connectivity index (χ4n) is 3.58. The molecule has 2 atom stereocenters. The average molecular weight is 423 g/mol. The molecular formula is C20H24F2N4O2S. The number of anilines is 2. The number of pyridine rings is 1. The number of aromatic nitrogens is 1. The molecule has 2 N–H and O–H groups in total. The molecule has 1 aliphatic heterocycles. The lowest BCUT2D eigenvalue weighted by Crippen LogP contribution is -2.40. The second-order valence-corrected chi connectivity index (χ2v) is 9.25. The zero-order valence-electron chi connectivity index (χ0n) is 16.8. The summed E-state index contributed by atoms with van der Waals surface area (Å²) in [5.41, 5.74) is 0.681. The fourth-order valence-corrected chi connectivity index (χ4v) is 4.10. The highest BCUT2D eigenvalue weighted by molar-refractivity contribution is 7.85. The molecule has 2 heterocycles. The Morgan fingerprint density at radius 2 is 2.10 bits per heavy atom. The number of hydrogen-bond acceptors (Lipinski definition) is 5. The van der Waals surface area contributed by atoms with E-state index in [1.807, 2.05) is 13.8 Å². The molecule has 156 valence electrons. The summed E-state index contributed by atoms with van der Waals surface area (Å²) in [7, 11) is 0.496. The standard InChI is InChI=1S/C20H24F2N4O2S/c1-20(2)10-15(19(27)25-12-7-8-24-16(9-12)29(4)23)26(11-20)14-6-5-13(21)17(22)18(14)28-3/h5-9,15,23H,10-11H2,1-4H3,(H,24,25,27)/t15?,29-/m0/s1. The fraction of sp³-hybridized carbons (Fsp3) is 0.400. The van der Waals surface area contributed by atoms with Crippen LogP contribution in [0.1, 0.15) is 20.3 Å². The van der Waals surface area contributed by atoms with Crippen molar-refractivity contribution in [3.63, 3.8) is 0 Å². The summed E-state index contributed by atoms with van der Waals surface area (Å²) in [6, 6.07) is 5.23. The van der Waals surface area contributed by atoms with Gasteiger partial charge in [0.1, 0.15) is 11.1 Å². The molecule has 1 fully saturated rings. The van der Waals surface area contributed by atoms with Crippen molar-refractivity contribution < 1.29 is 18.3 Å². The van der Waals surface area contributed by atoms with Crippen LogP contribution in [0.2, 0.25) is 0 Å².